The molecule has 5 heteroatoms. The maximum atomic E-state index is 11.6. The molecule has 0 aromatic heterocycles. The fourth-order valence-electron chi connectivity index (χ4n) is 2.94. The smallest absolute Gasteiger partial charge is 0.323 e. The Bertz CT molecular complexity index is 331. The Morgan fingerprint density at radius 2 is 1.95 bits per heavy atom. The molecule has 0 spiro atoms. The fourth-order valence-corrected chi connectivity index (χ4v) is 2.94. The molecule has 0 radical (unpaired) electrons. The van der Waals surface area contributed by atoms with E-state index in [2.05, 4.69) is 36.3 Å². The summed E-state index contributed by atoms with van der Waals surface area (Å²) in [6, 6.07) is 0.837. The van der Waals surface area contributed by atoms with Crippen molar-refractivity contribution in [1.29, 1.82) is 0 Å². The number of carbonyl (C=O) groups is 1. The maximum absolute atomic E-state index is 11.6. The van der Waals surface area contributed by atoms with Crippen LogP contribution in [0.1, 0.15) is 32.1 Å². The number of carboxylic acids is 1. The van der Waals surface area contributed by atoms with E-state index in [0.29, 0.717) is 12.1 Å². The Balaban J connectivity index is 1.90. The summed E-state index contributed by atoms with van der Waals surface area (Å²) in [5.74, 6) is -0.664. The quantitative estimate of drug-likeness (QED) is 0.709. The first kappa shape index (κ1) is 14.8. The molecule has 2 unspecified atom stereocenters. The fraction of sp³-hybridized carbons (Fsp3) is 0.929. The standard InChI is InChI=1S/C14H27N3O2/c1-16(2)8-9-17(3)12-6-7-14(10-12,13(18)19)15-11-4-5-11/h11-12,15H,4-10H2,1-3H3,(H,18,19). The average molecular weight is 269 g/mol. The summed E-state index contributed by atoms with van der Waals surface area (Å²) < 4.78 is 0. The second-order valence-corrected chi connectivity index (χ2v) is 6.49. The maximum Gasteiger partial charge on any atom is 0.323 e. The molecule has 2 N–H and O–H groups in total. The molecule has 2 saturated carbocycles. The summed E-state index contributed by atoms with van der Waals surface area (Å²) in [6.45, 7) is 2.01. The highest BCUT2D eigenvalue weighted by Crippen LogP contribution is 2.36. The summed E-state index contributed by atoms with van der Waals surface area (Å²) in [4.78, 5) is 16.1. The molecule has 19 heavy (non-hydrogen) atoms. The van der Waals surface area contributed by atoms with Crippen LogP contribution in [-0.2, 0) is 4.79 Å². The van der Waals surface area contributed by atoms with Crippen molar-refractivity contribution in [1.82, 2.24) is 15.1 Å². The molecule has 110 valence electrons. The van der Waals surface area contributed by atoms with Gasteiger partial charge in [0.15, 0.2) is 0 Å². The third kappa shape index (κ3) is 3.68. The average Bonchev–Trinajstić information content (AvgIpc) is 3.03. The van der Waals surface area contributed by atoms with E-state index in [-0.39, 0.29) is 0 Å². The van der Waals surface area contributed by atoms with Crippen molar-refractivity contribution in [3.05, 3.63) is 0 Å². The number of rotatable bonds is 7. The van der Waals surface area contributed by atoms with E-state index in [0.717, 1.165) is 45.2 Å². The van der Waals surface area contributed by atoms with Gasteiger partial charge >= 0.3 is 5.97 Å². The highest BCUT2D eigenvalue weighted by molar-refractivity contribution is 5.79. The first-order valence-corrected chi connectivity index (χ1v) is 7.29. The molecule has 0 bridgehead atoms. The van der Waals surface area contributed by atoms with Gasteiger partial charge in [-0.15, -0.1) is 0 Å². The third-order valence-corrected chi connectivity index (χ3v) is 4.48. The molecule has 2 fully saturated rings. The second kappa shape index (κ2) is 5.77. The molecule has 5 nitrogen and oxygen atoms in total. The molecule has 0 amide bonds. The van der Waals surface area contributed by atoms with Crippen LogP contribution < -0.4 is 5.32 Å². The lowest BCUT2D eigenvalue weighted by Crippen LogP contribution is -2.52. The highest BCUT2D eigenvalue weighted by atomic mass is 16.4. The number of likely N-dealkylation sites (N-methyl/N-ethyl adjacent to an activating group) is 2. The SMILES string of the molecule is CN(C)CCN(C)C1CCC(NC2CC2)(C(=O)O)C1. The lowest BCUT2D eigenvalue weighted by molar-refractivity contribution is -0.145. The van der Waals surface area contributed by atoms with Gasteiger partial charge in [0, 0.05) is 25.2 Å². The number of carboxylic acid groups (broad SMARTS) is 1. The molecule has 0 aromatic rings. The first-order valence-electron chi connectivity index (χ1n) is 7.29. The van der Waals surface area contributed by atoms with Crippen molar-refractivity contribution in [3.8, 4) is 0 Å². The van der Waals surface area contributed by atoms with E-state index >= 15 is 0 Å². The Hall–Kier alpha value is -0.650. The van der Waals surface area contributed by atoms with Crippen molar-refractivity contribution in [2.24, 2.45) is 0 Å². The molecule has 2 atom stereocenters. The Kier molecular flexibility index (Phi) is 4.48. The van der Waals surface area contributed by atoms with Gasteiger partial charge in [-0.1, -0.05) is 0 Å². The number of nitrogens with one attached hydrogen (secondary N) is 1. The lowest BCUT2D eigenvalue weighted by Gasteiger charge is -2.29. The Morgan fingerprint density at radius 3 is 2.47 bits per heavy atom. The van der Waals surface area contributed by atoms with Crippen LogP contribution in [-0.4, -0.2) is 72.7 Å². The van der Waals surface area contributed by atoms with E-state index < -0.39 is 11.5 Å². The van der Waals surface area contributed by atoms with Crippen LogP contribution >= 0.6 is 0 Å². The highest BCUT2D eigenvalue weighted by Gasteiger charge is 2.48. The van der Waals surface area contributed by atoms with Gasteiger partial charge < -0.3 is 14.9 Å². The second-order valence-electron chi connectivity index (χ2n) is 6.49. The molecular formula is C14H27N3O2. The van der Waals surface area contributed by atoms with Gasteiger partial charge in [-0.3, -0.25) is 10.1 Å². The lowest BCUT2D eigenvalue weighted by atomic mass is 9.97. The minimum atomic E-state index is -0.668. The first-order chi connectivity index (χ1) is 8.93. The third-order valence-electron chi connectivity index (χ3n) is 4.48. The molecule has 0 aliphatic heterocycles. The normalized spacial score (nSPS) is 31.3. The number of nitrogens with zero attached hydrogens (tertiary/aromatic N) is 2. The van der Waals surface area contributed by atoms with Crippen LogP contribution in [0.5, 0.6) is 0 Å². The summed E-state index contributed by atoms with van der Waals surface area (Å²) in [5, 5.41) is 12.9. The van der Waals surface area contributed by atoms with Crippen LogP contribution in [0.3, 0.4) is 0 Å². The van der Waals surface area contributed by atoms with Gasteiger partial charge in [0.1, 0.15) is 5.54 Å². The van der Waals surface area contributed by atoms with E-state index in [1.165, 1.54) is 0 Å². The largest absolute Gasteiger partial charge is 0.480 e. The van der Waals surface area contributed by atoms with Crippen LogP contribution in [0.2, 0.25) is 0 Å². The predicted molar refractivity (Wildman–Crippen MR) is 75.3 cm³/mol. The molecule has 2 rings (SSSR count). The number of aliphatic carboxylic acids is 1. The minimum Gasteiger partial charge on any atom is -0.480 e. The number of hydrogen-bond donors (Lipinski definition) is 2. The van der Waals surface area contributed by atoms with Crippen molar-refractivity contribution >= 4 is 5.97 Å². The van der Waals surface area contributed by atoms with Crippen molar-refractivity contribution < 1.29 is 9.90 Å². The molecule has 0 aromatic carbocycles. The molecule has 2 aliphatic rings. The van der Waals surface area contributed by atoms with Gasteiger partial charge in [-0.2, -0.15) is 0 Å². The van der Waals surface area contributed by atoms with Crippen LogP contribution in [0.15, 0.2) is 0 Å². The minimum absolute atomic E-state index is 0.391. The van der Waals surface area contributed by atoms with Crippen molar-refractivity contribution in [3.63, 3.8) is 0 Å². The summed E-state index contributed by atoms with van der Waals surface area (Å²) >= 11 is 0. The van der Waals surface area contributed by atoms with Crippen LogP contribution in [0, 0.1) is 0 Å². The van der Waals surface area contributed by atoms with Gasteiger partial charge in [0.25, 0.3) is 0 Å². The van der Waals surface area contributed by atoms with Gasteiger partial charge in [-0.05, 0) is 53.2 Å². The van der Waals surface area contributed by atoms with E-state index in [4.69, 9.17) is 0 Å². The number of hydrogen-bond acceptors (Lipinski definition) is 4. The summed E-state index contributed by atoms with van der Waals surface area (Å²) in [7, 11) is 6.25. The van der Waals surface area contributed by atoms with Gasteiger partial charge in [-0.25, -0.2) is 0 Å². The Labute approximate surface area is 115 Å². The zero-order valence-corrected chi connectivity index (χ0v) is 12.4. The van der Waals surface area contributed by atoms with E-state index in [1.807, 2.05) is 0 Å². The summed E-state index contributed by atoms with van der Waals surface area (Å²) in [5.41, 5.74) is -0.668. The molecule has 2 aliphatic carbocycles. The summed E-state index contributed by atoms with van der Waals surface area (Å²) in [6.07, 6.45) is 4.75. The van der Waals surface area contributed by atoms with Crippen molar-refractivity contribution in [2.75, 3.05) is 34.2 Å². The monoisotopic (exact) mass is 269 g/mol. The van der Waals surface area contributed by atoms with Crippen LogP contribution in [0.25, 0.3) is 0 Å². The van der Waals surface area contributed by atoms with Crippen molar-refractivity contribution in [2.45, 2.75) is 49.7 Å². The topological polar surface area (TPSA) is 55.8 Å². The van der Waals surface area contributed by atoms with Gasteiger partial charge in [0.05, 0.1) is 0 Å². The Morgan fingerprint density at radius 1 is 1.26 bits per heavy atom. The zero-order valence-electron chi connectivity index (χ0n) is 12.4. The van der Waals surface area contributed by atoms with Gasteiger partial charge in [0.2, 0.25) is 0 Å². The zero-order chi connectivity index (χ0) is 14.0. The molecular weight excluding hydrogens is 242 g/mol. The predicted octanol–water partition coefficient (Wildman–Crippen LogP) is 0.608. The van der Waals surface area contributed by atoms with E-state index in [1.54, 1.807) is 0 Å². The van der Waals surface area contributed by atoms with E-state index in [9.17, 15) is 9.90 Å². The molecule has 0 heterocycles. The molecule has 0 saturated heterocycles. The van der Waals surface area contributed by atoms with Crippen LogP contribution in [0.4, 0.5) is 0 Å².